The van der Waals surface area contributed by atoms with Gasteiger partial charge in [0.2, 0.25) is 0 Å². The van der Waals surface area contributed by atoms with Gasteiger partial charge >= 0.3 is 0 Å². The minimum atomic E-state index is -3.99. The third-order valence-electron chi connectivity index (χ3n) is 3.57. The first kappa shape index (κ1) is 18.9. The Morgan fingerprint density at radius 2 is 1.81 bits per heavy atom. The van der Waals surface area contributed by atoms with Gasteiger partial charge in [-0.15, -0.1) is 0 Å². The van der Waals surface area contributed by atoms with E-state index in [9.17, 15) is 17.6 Å². The molecular weight excluding hydrogens is 397 g/mol. The number of hydrogen-bond acceptors (Lipinski definition) is 5. The van der Waals surface area contributed by atoms with Crippen LogP contribution in [0.3, 0.4) is 0 Å². The van der Waals surface area contributed by atoms with Crippen molar-refractivity contribution in [3.8, 4) is 0 Å². The van der Waals surface area contributed by atoms with Gasteiger partial charge in [-0.1, -0.05) is 16.8 Å². The molecule has 0 spiro atoms. The number of halogens is 2. The van der Waals surface area contributed by atoms with Crippen LogP contribution in [-0.2, 0) is 10.0 Å². The van der Waals surface area contributed by atoms with Gasteiger partial charge in [0.05, 0.1) is 11.2 Å². The highest BCUT2D eigenvalue weighted by Gasteiger charge is 2.19. The molecule has 0 saturated carbocycles. The maximum absolute atomic E-state index is 13.1. The van der Waals surface area contributed by atoms with Crippen molar-refractivity contribution in [2.24, 2.45) is 0 Å². The lowest BCUT2D eigenvalue weighted by Crippen LogP contribution is -2.14. The van der Waals surface area contributed by atoms with Crippen LogP contribution in [0, 0.1) is 12.7 Å². The summed E-state index contributed by atoms with van der Waals surface area (Å²) in [4.78, 5) is 11.8. The van der Waals surface area contributed by atoms with Gasteiger partial charge in [0.25, 0.3) is 15.9 Å². The Kier molecular flexibility index (Phi) is 5.15. The number of anilines is 2. The van der Waals surface area contributed by atoms with Crippen LogP contribution in [0.2, 0.25) is 5.02 Å². The van der Waals surface area contributed by atoms with E-state index in [1.165, 1.54) is 30.5 Å². The largest absolute Gasteiger partial charge is 0.361 e. The number of hydrogen-bond donors (Lipinski definition) is 2. The SMILES string of the molecule is Cc1oncc1C(=O)Nc1ccc(NS(=O)(=O)c2ccc(F)cc2Cl)cc1. The van der Waals surface area contributed by atoms with Crippen molar-refractivity contribution in [3.05, 3.63) is 70.8 Å². The second-order valence-corrected chi connectivity index (χ2v) is 7.57. The third-order valence-corrected chi connectivity index (χ3v) is 5.44. The van der Waals surface area contributed by atoms with Crippen LogP contribution < -0.4 is 10.0 Å². The zero-order valence-corrected chi connectivity index (χ0v) is 15.4. The maximum atomic E-state index is 13.1. The van der Waals surface area contributed by atoms with Crippen LogP contribution in [0.5, 0.6) is 0 Å². The van der Waals surface area contributed by atoms with Crippen LogP contribution in [0.4, 0.5) is 15.8 Å². The van der Waals surface area contributed by atoms with Gasteiger partial charge < -0.3 is 9.84 Å². The van der Waals surface area contributed by atoms with Gasteiger partial charge in [-0.05, 0) is 49.4 Å². The molecule has 1 amide bonds. The quantitative estimate of drug-likeness (QED) is 0.666. The van der Waals surface area contributed by atoms with Crippen molar-refractivity contribution in [1.29, 1.82) is 0 Å². The van der Waals surface area contributed by atoms with E-state index in [0.717, 1.165) is 18.2 Å². The summed E-state index contributed by atoms with van der Waals surface area (Å²) >= 11 is 5.80. The van der Waals surface area contributed by atoms with Crippen molar-refractivity contribution in [2.75, 3.05) is 10.0 Å². The minimum Gasteiger partial charge on any atom is -0.361 e. The second kappa shape index (κ2) is 7.37. The van der Waals surface area contributed by atoms with E-state index >= 15 is 0 Å². The number of amides is 1. The number of nitrogens with zero attached hydrogens (tertiary/aromatic N) is 1. The smallest absolute Gasteiger partial charge is 0.263 e. The number of sulfonamides is 1. The monoisotopic (exact) mass is 409 g/mol. The van der Waals surface area contributed by atoms with E-state index in [1.807, 2.05) is 0 Å². The predicted octanol–water partition coefficient (Wildman–Crippen LogP) is 3.83. The molecule has 0 aliphatic heterocycles. The second-order valence-electron chi connectivity index (χ2n) is 5.51. The molecule has 0 saturated heterocycles. The lowest BCUT2D eigenvalue weighted by atomic mass is 10.2. The Balaban J connectivity index is 1.74. The van der Waals surface area contributed by atoms with E-state index in [-0.39, 0.29) is 15.6 Å². The number of aryl methyl sites for hydroxylation is 1. The molecular formula is C17H13ClFN3O4S. The van der Waals surface area contributed by atoms with E-state index in [1.54, 1.807) is 6.92 Å². The molecule has 0 fully saturated rings. The van der Waals surface area contributed by atoms with E-state index in [2.05, 4.69) is 15.2 Å². The normalized spacial score (nSPS) is 11.2. The topological polar surface area (TPSA) is 101 Å². The van der Waals surface area contributed by atoms with Crippen molar-refractivity contribution in [2.45, 2.75) is 11.8 Å². The molecule has 0 atom stereocenters. The first-order valence-electron chi connectivity index (χ1n) is 7.57. The van der Waals surface area contributed by atoms with E-state index in [4.69, 9.17) is 16.1 Å². The van der Waals surface area contributed by atoms with Crippen molar-refractivity contribution >= 4 is 38.9 Å². The van der Waals surface area contributed by atoms with Crippen LogP contribution in [0.15, 0.2) is 58.1 Å². The van der Waals surface area contributed by atoms with E-state index < -0.39 is 21.7 Å². The number of rotatable bonds is 5. The summed E-state index contributed by atoms with van der Waals surface area (Å²) in [7, 11) is -3.99. The lowest BCUT2D eigenvalue weighted by Gasteiger charge is -2.10. The lowest BCUT2D eigenvalue weighted by molar-refractivity contribution is 0.102. The Bertz CT molecular complexity index is 1100. The van der Waals surface area contributed by atoms with Crippen LogP contribution in [0.25, 0.3) is 0 Å². The molecule has 7 nitrogen and oxygen atoms in total. The Morgan fingerprint density at radius 1 is 1.15 bits per heavy atom. The first-order valence-corrected chi connectivity index (χ1v) is 9.43. The zero-order valence-electron chi connectivity index (χ0n) is 13.9. The molecule has 3 aromatic rings. The summed E-state index contributed by atoms with van der Waals surface area (Å²) in [5, 5.41) is 5.95. The van der Waals surface area contributed by atoms with Crippen molar-refractivity contribution in [3.63, 3.8) is 0 Å². The minimum absolute atomic E-state index is 0.226. The van der Waals surface area contributed by atoms with Gasteiger partial charge in [0.1, 0.15) is 22.0 Å². The number of aromatic nitrogens is 1. The third kappa shape index (κ3) is 4.26. The molecule has 27 heavy (non-hydrogen) atoms. The molecule has 3 rings (SSSR count). The van der Waals surface area contributed by atoms with Gasteiger partial charge in [-0.2, -0.15) is 0 Å². The maximum Gasteiger partial charge on any atom is 0.263 e. The highest BCUT2D eigenvalue weighted by Crippen LogP contribution is 2.25. The molecule has 0 aliphatic rings. The van der Waals surface area contributed by atoms with Crippen LogP contribution in [0.1, 0.15) is 16.1 Å². The molecule has 140 valence electrons. The highest BCUT2D eigenvalue weighted by atomic mass is 35.5. The number of carbonyl (C=O) groups is 1. The summed E-state index contributed by atoms with van der Waals surface area (Å²) in [5.41, 5.74) is 0.989. The Morgan fingerprint density at radius 3 is 2.41 bits per heavy atom. The molecule has 0 radical (unpaired) electrons. The summed E-state index contributed by atoms with van der Waals surface area (Å²) in [5.74, 6) is -0.657. The number of benzene rings is 2. The molecule has 1 aromatic heterocycles. The molecule has 0 unspecified atom stereocenters. The van der Waals surface area contributed by atoms with E-state index in [0.29, 0.717) is 17.0 Å². The molecule has 0 aliphatic carbocycles. The fraction of sp³-hybridized carbons (Fsp3) is 0.0588. The Hall–Kier alpha value is -2.91. The van der Waals surface area contributed by atoms with Crippen molar-refractivity contribution < 1.29 is 22.1 Å². The fourth-order valence-electron chi connectivity index (χ4n) is 2.24. The fourth-order valence-corrected chi connectivity index (χ4v) is 3.83. The molecule has 10 heteroatoms. The zero-order chi connectivity index (χ0) is 19.6. The van der Waals surface area contributed by atoms with Gasteiger partial charge in [0.15, 0.2) is 0 Å². The van der Waals surface area contributed by atoms with Gasteiger partial charge in [-0.3, -0.25) is 9.52 Å². The summed E-state index contributed by atoms with van der Waals surface area (Å²) in [6.45, 7) is 1.61. The van der Waals surface area contributed by atoms with Crippen molar-refractivity contribution in [1.82, 2.24) is 5.16 Å². The number of carbonyl (C=O) groups excluding carboxylic acids is 1. The summed E-state index contributed by atoms with van der Waals surface area (Å²) in [6.07, 6.45) is 1.31. The first-order chi connectivity index (χ1) is 12.8. The number of nitrogens with one attached hydrogen (secondary N) is 2. The van der Waals surface area contributed by atoms with Gasteiger partial charge in [-0.25, -0.2) is 12.8 Å². The molecule has 1 heterocycles. The summed E-state index contributed by atoms with van der Waals surface area (Å²) < 4.78 is 45.0. The standard InChI is InChI=1S/C17H13ClFN3O4S/c1-10-14(9-20-26-10)17(23)21-12-3-5-13(6-4-12)22-27(24,25)16-7-2-11(19)8-15(16)18/h2-9,22H,1H3,(H,21,23). The Labute approximate surface area is 159 Å². The molecule has 0 bridgehead atoms. The molecule has 2 aromatic carbocycles. The molecule has 2 N–H and O–H groups in total. The highest BCUT2D eigenvalue weighted by molar-refractivity contribution is 7.92. The van der Waals surface area contributed by atoms with Crippen LogP contribution in [-0.4, -0.2) is 19.5 Å². The van der Waals surface area contributed by atoms with Gasteiger partial charge in [0, 0.05) is 11.4 Å². The predicted molar refractivity (Wildman–Crippen MR) is 97.9 cm³/mol. The average molecular weight is 410 g/mol. The summed E-state index contributed by atoms with van der Waals surface area (Å²) in [6, 6.07) is 8.97. The van der Waals surface area contributed by atoms with Crippen LogP contribution >= 0.6 is 11.6 Å². The average Bonchev–Trinajstić information content (AvgIpc) is 3.02.